The molecule has 3 saturated carbocycles. The number of hydrogen-bond acceptors (Lipinski definition) is 2. The number of carboxylic acid groups (broad SMARTS) is 1. The Labute approximate surface area is 71.9 Å². The van der Waals surface area contributed by atoms with Crippen LogP contribution in [0.25, 0.3) is 0 Å². The van der Waals surface area contributed by atoms with E-state index in [0.717, 1.165) is 12.8 Å². The third-order valence-corrected chi connectivity index (χ3v) is 3.60. The molecule has 68 valence electrons. The first-order chi connectivity index (χ1) is 5.63. The molecule has 3 rings (SSSR count). The Morgan fingerprint density at radius 2 is 1.92 bits per heavy atom. The molecule has 0 amide bonds. The first-order valence-electron chi connectivity index (χ1n) is 4.65. The van der Waals surface area contributed by atoms with Crippen LogP contribution in [0.15, 0.2) is 0 Å². The second kappa shape index (κ2) is 2.46. The zero-order chi connectivity index (χ0) is 8.77. The van der Waals surface area contributed by atoms with Gasteiger partial charge in [0.1, 0.15) is 5.54 Å². The maximum absolute atomic E-state index is 10.9. The van der Waals surface area contributed by atoms with Crippen molar-refractivity contribution in [1.29, 1.82) is 0 Å². The Bertz CT molecular complexity index is 209. The van der Waals surface area contributed by atoms with E-state index in [9.17, 15) is 4.79 Å². The number of hydrogen-bond donors (Lipinski definition) is 2. The van der Waals surface area contributed by atoms with E-state index in [4.69, 9.17) is 10.8 Å². The molecule has 3 aliphatic carbocycles. The Morgan fingerprint density at radius 1 is 1.33 bits per heavy atom. The number of rotatable bonds is 1. The summed E-state index contributed by atoms with van der Waals surface area (Å²) in [7, 11) is 0. The lowest BCUT2D eigenvalue weighted by atomic mass is 9.61. The summed E-state index contributed by atoms with van der Waals surface area (Å²) in [4.78, 5) is 10.9. The molecule has 12 heavy (non-hydrogen) atoms. The van der Waals surface area contributed by atoms with Crippen molar-refractivity contribution >= 4 is 5.97 Å². The second-order valence-corrected chi connectivity index (χ2v) is 4.27. The molecule has 3 heteroatoms. The molecular weight excluding hydrogens is 154 g/mol. The average molecular weight is 169 g/mol. The molecule has 0 spiro atoms. The summed E-state index contributed by atoms with van der Waals surface area (Å²) in [6.07, 6.45) is 5.13. The quantitative estimate of drug-likeness (QED) is 0.615. The van der Waals surface area contributed by atoms with Crippen molar-refractivity contribution in [2.45, 2.75) is 37.6 Å². The van der Waals surface area contributed by atoms with E-state index < -0.39 is 11.5 Å². The molecule has 0 aromatic rings. The number of carboxylic acids is 1. The summed E-state index contributed by atoms with van der Waals surface area (Å²) in [6, 6.07) is 0. The van der Waals surface area contributed by atoms with Crippen LogP contribution in [0.3, 0.4) is 0 Å². The number of fused-ring (bicyclic) bond motifs is 3. The van der Waals surface area contributed by atoms with Gasteiger partial charge in [-0.25, -0.2) is 0 Å². The lowest BCUT2D eigenvalue weighted by molar-refractivity contribution is -0.150. The molecular formula is C9H15NO2. The maximum Gasteiger partial charge on any atom is 0.323 e. The molecule has 0 aromatic carbocycles. The fourth-order valence-corrected chi connectivity index (χ4v) is 2.79. The van der Waals surface area contributed by atoms with E-state index >= 15 is 0 Å². The minimum absolute atomic E-state index is 0.236. The number of carbonyl (C=O) groups is 1. The highest BCUT2D eigenvalue weighted by molar-refractivity contribution is 5.79. The predicted molar refractivity (Wildman–Crippen MR) is 44.6 cm³/mol. The summed E-state index contributed by atoms with van der Waals surface area (Å²) < 4.78 is 0. The van der Waals surface area contributed by atoms with E-state index in [1.54, 1.807) is 0 Å². The molecule has 3 N–H and O–H groups in total. The van der Waals surface area contributed by atoms with Crippen LogP contribution in [0.1, 0.15) is 32.1 Å². The van der Waals surface area contributed by atoms with Gasteiger partial charge in [0.05, 0.1) is 0 Å². The van der Waals surface area contributed by atoms with Gasteiger partial charge in [-0.2, -0.15) is 0 Å². The number of aliphatic carboxylic acids is 1. The van der Waals surface area contributed by atoms with Gasteiger partial charge in [0.25, 0.3) is 0 Å². The van der Waals surface area contributed by atoms with Crippen molar-refractivity contribution < 1.29 is 9.90 Å². The minimum Gasteiger partial charge on any atom is -0.480 e. The van der Waals surface area contributed by atoms with Crippen LogP contribution in [0, 0.1) is 11.8 Å². The number of nitrogens with two attached hydrogens (primary N) is 1. The smallest absolute Gasteiger partial charge is 0.323 e. The van der Waals surface area contributed by atoms with E-state index in [1.165, 1.54) is 12.8 Å². The highest BCUT2D eigenvalue weighted by Gasteiger charge is 2.49. The summed E-state index contributed by atoms with van der Waals surface area (Å²) in [6.45, 7) is 0. The van der Waals surface area contributed by atoms with Crippen LogP contribution in [-0.4, -0.2) is 16.6 Å². The topological polar surface area (TPSA) is 63.3 Å². The molecule has 0 unspecified atom stereocenters. The summed E-state index contributed by atoms with van der Waals surface area (Å²) in [5.74, 6) is 0.0213. The minimum atomic E-state index is -0.888. The molecule has 2 bridgehead atoms. The third-order valence-electron chi connectivity index (χ3n) is 3.60. The van der Waals surface area contributed by atoms with Crippen LogP contribution in [0.5, 0.6) is 0 Å². The SMILES string of the molecule is N[C@]1(C(=O)O)CC2CCC1CC2. The fourth-order valence-electron chi connectivity index (χ4n) is 2.79. The van der Waals surface area contributed by atoms with Crippen molar-refractivity contribution in [2.75, 3.05) is 0 Å². The molecule has 3 fully saturated rings. The normalized spacial score (nSPS) is 46.1. The third kappa shape index (κ3) is 0.959. The van der Waals surface area contributed by atoms with Crippen molar-refractivity contribution in [2.24, 2.45) is 17.6 Å². The largest absolute Gasteiger partial charge is 0.480 e. The summed E-state index contributed by atoms with van der Waals surface area (Å²) in [5, 5.41) is 8.99. The highest BCUT2D eigenvalue weighted by atomic mass is 16.4. The Hall–Kier alpha value is -0.570. The first-order valence-corrected chi connectivity index (χ1v) is 4.65. The zero-order valence-corrected chi connectivity index (χ0v) is 7.12. The van der Waals surface area contributed by atoms with Gasteiger partial charge >= 0.3 is 5.97 Å². The molecule has 0 aromatic heterocycles. The zero-order valence-electron chi connectivity index (χ0n) is 7.12. The molecule has 0 heterocycles. The van der Waals surface area contributed by atoms with Gasteiger partial charge in [-0.1, -0.05) is 12.8 Å². The van der Waals surface area contributed by atoms with E-state index in [0.29, 0.717) is 12.3 Å². The summed E-state index contributed by atoms with van der Waals surface area (Å²) >= 11 is 0. The van der Waals surface area contributed by atoms with Gasteiger partial charge in [0.15, 0.2) is 0 Å². The first kappa shape index (κ1) is 8.05. The molecule has 0 radical (unpaired) electrons. The van der Waals surface area contributed by atoms with Gasteiger partial charge in [-0.3, -0.25) is 4.79 Å². The Balaban J connectivity index is 2.22. The maximum atomic E-state index is 10.9. The van der Waals surface area contributed by atoms with Gasteiger partial charge in [-0.15, -0.1) is 0 Å². The Kier molecular flexibility index (Phi) is 1.65. The van der Waals surface area contributed by atoms with Crippen LogP contribution < -0.4 is 5.73 Å². The predicted octanol–water partition coefficient (Wildman–Crippen LogP) is 0.979. The van der Waals surface area contributed by atoms with Crippen LogP contribution in [0.2, 0.25) is 0 Å². The molecule has 0 saturated heterocycles. The van der Waals surface area contributed by atoms with Crippen LogP contribution >= 0.6 is 0 Å². The monoisotopic (exact) mass is 169 g/mol. The lowest BCUT2D eigenvalue weighted by Gasteiger charge is -2.46. The standard InChI is InChI=1S/C9H15NO2/c10-9(8(11)12)5-6-1-3-7(9)4-2-6/h6-7H,1-5,10H2,(H,11,12)/t6?,7?,9-/m1/s1. The van der Waals surface area contributed by atoms with Crippen LogP contribution in [-0.2, 0) is 4.79 Å². The lowest BCUT2D eigenvalue weighted by Crippen LogP contribution is -2.59. The van der Waals surface area contributed by atoms with Gasteiger partial charge in [-0.05, 0) is 31.1 Å². The van der Waals surface area contributed by atoms with Crippen molar-refractivity contribution in [1.82, 2.24) is 0 Å². The molecule has 0 aliphatic heterocycles. The second-order valence-electron chi connectivity index (χ2n) is 4.27. The van der Waals surface area contributed by atoms with Crippen LogP contribution in [0.4, 0.5) is 0 Å². The van der Waals surface area contributed by atoms with Gasteiger partial charge in [0.2, 0.25) is 0 Å². The molecule has 3 aliphatic rings. The fraction of sp³-hybridized carbons (Fsp3) is 0.889. The van der Waals surface area contributed by atoms with E-state index in [1.807, 2.05) is 0 Å². The summed E-state index contributed by atoms with van der Waals surface area (Å²) in [5.41, 5.74) is 5.00. The van der Waals surface area contributed by atoms with Crippen molar-refractivity contribution in [3.05, 3.63) is 0 Å². The highest BCUT2D eigenvalue weighted by Crippen LogP contribution is 2.46. The van der Waals surface area contributed by atoms with E-state index in [2.05, 4.69) is 0 Å². The van der Waals surface area contributed by atoms with Gasteiger partial charge < -0.3 is 10.8 Å². The average Bonchev–Trinajstić information content (AvgIpc) is 2.05. The molecule has 1 atom stereocenters. The van der Waals surface area contributed by atoms with E-state index in [-0.39, 0.29) is 5.92 Å². The molecule has 3 nitrogen and oxygen atoms in total. The Morgan fingerprint density at radius 3 is 2.17 bits per heavy atom. The van der Waals surface area contributed by atoms with Gasteiger partial charge in [0, 0.05) is 0 Å². The van der Waals surface area contributed by atoms with Crippen molar-refractivity contribution in [3.63, 3.8) is 0 Å². The van der Waals surface area contributed by atoms with Crippen molar-refractivity contribution in [3.8, 4) is 0 Å².